The van der Waals surface area contributed by atoms with Crippen molar-refractivity contribution < 1.29 is 9.90 Å². The molecule has 0 radical (unpaired) electrons. The Morgan fingerprint density at radius 2 is 2.19 bits per heavy atom. The van der Waals surface area contributed by atoms with Crippen molar-refractivity contribution in [3.05, 3.63) is 0 Å². The van der Waals surface area contributed by atoms with Crippen molar-refractivity contribution in [1.29, 1.82) is 0 Å². The Bertz CT molecular complexity index is 217. The first-order chi connectivity index (χ1) is 7.67. The number of nitrogens with zero attached hydrogens (tertiary/aromatic N) is 1. The van der Waals surface area contributed by atoms with Crippen molar-refractivity contribution in [3.63, 3.8) is 0 Å². The summed E-state index contributed by atoms with van der Waals surface area (Å²) in [6, 6.07) is -0.418. The van der Waals surface area contributed by atoms with Gasteiger partial charge in [0, 0.05) is 13.1 Å². The van der Waals surface area contributed by atoms with Crippen LogP contribution in [0.5, 0.6) is 0 Å². The van der Waals surface area contributed by atoms with E-state index in [-0.39, 0.29) is 0 Å². The second-order valence-corrected chi connectivity index (χ2v) is 4.64. The number of aliphatic carboxylic acids is 1. The van der Waals surface area contributed by atoms with Gasteiger partial charge < -0.3 is 15.3 Å². The molecule has 0 aromatic carbocycles. The van der Waals surface area contributed by atoms with E-state index in [4.69, 9.17) is 5.11 Å². The first kappa shape index (κ1) is 13.5. The van der Waals surface area contributed by atoms with Gasteiger partial charge in [0.1, 0.15) is 6.04 Å². The third-order valence-corrected chi connectivity index (χ3v) is 3.04. The summed E-state index contributed by atoms with van der Waals surface area (Å²) in [5, 5.41) is 12.2. The van der Waals surface area contributed by atoms with Gasteiger partial charge >= 0.3 is 5.97 Å². The number of carbonyl (C=O) groups is 1. The summed E-state index contributed by atoms with van der Waals surface area (Å²) in [5.74, 6) is 0.0864. The Labute approximate surface area is 98.0 Å². The van der Waals surface area contributed by atoms with Crippen LogP contribution in [0, 0.1) is 5.92 Å². The predicted molar refractivity (Wildman–Crippen MR) is 64.6 cm³/mol. The summed E-state index contributed by atoms with van der Waals surface area (Å²) in [4.78, 5) is 13.3. The minimum atomic E-state index is -0.734. The quantitative estimate of drug-likeness (QED) is 0.622. The molecule has 0 amide bonds. The summed E-state index contributed by atoms with van der Waals surface area (Å²) in [5.41, 5.74) is 0. The van der Waals surface area contributed by atoms with Gasteiger partial charge in [-0.3, -0.25) is 4.79 Å². The summed E-state index contributed by atoms with van der Waals surface area (Å²) in [7, 11) is 0. The zero-order chi connectivity index (χ0) is 12.0. The van der Waals surface area contributed by atoms with Crippen molar-refractivity contribution in [2.45, 2.75) is 39.2 Å². The fourth-order valence-electron chi connectivity index (χ4n) is 1.81. The first-order valence-electron chi connectivity index (χ1n) is 6.35. The molecule has 0 spiro atoms. The van der Waals surface area contributed by atoms with Gasteiger partial charge in [0.15, 0.2) is 0 Å². The highest BCUT2D eigenvalue weighted by Crippen LogP contribution is 2.29. The predicted octanol–water partition coefficient (Wildman–Crippen LogP) is 1.17. The second kappa shape index (κ2) is 6.86. The van der Waals surface area contributed by atoms with Crippen molar-refractivity contribution in [3.8, 4) is 0 Å². The maximum Gasteiger partial charge on any atom is 0.322 e. The third kappa shape index (κ3) is 4.94. The number of rotatable bonds is 9. The van der Waals surface area contributed by atoms with Crippen molar-refractivity contribution >= 4 is 5.97 Å². The molecule has 1 aliphatic rings. The maximum atomic E-state index is 11.1. The van der Waals surface area contributed by atoms with Gasteiger partial charge in [0.2, 0.25) is 0 Å². The molecule has 0 aliphatic heterocycles. The van der Waals surface area contributed by atoms with E-state index >= 15 is 0 Å². The van der Waals surface area contributed by atoms with Gasteiger partial charge in [0.25, 0.3) is 0 Å². The number of carboxylic acids is 1. The molecule has 0 saturated heterocycles. The van der Waals surface area contributed by atoms with E-state index in [2.05, 4.69) is 17.1 Å². The molecule has 1 saturated carbocycles. The number of likely N-dealkylation sites (N-methyl/N-ethyl adjacent to an activating group) is 1. The molecule has 0 heterocycles. The first-order valence-corrected chi connectivity index (χ1v) is 6.35. The summed E-state index contributed by atoms with van der Waals surface area (Å²) in [6.45, 7) is 7.55. The summed E-state index contributed by atoms with van der Waals surface area (Å²) < 4.78 is 0. The molecule has 94 valence electrons. The highest BCUT2D eigenvalue weighted by molar-refractivity contribution is 5.73. The Morgan fingerprint density at radius 1 is 1.50 bits per heavy atom. The summed E-state index contributed by atoms with van der Waals surface area (Å²) in [6.07, 6.45) is 3.60. The molecule has 4 heteroatoms. The number of hydrogen-bond acceptors (Lipinski definition) is 3. The number of carboxylic acid groups (broad SMARTS) is 1. The average Bonchev–Trinajstić information content (AvgIpc) is 3.05. The molecule has 1 atom stereocenters. The van der Waals surface area contributed by atoms with Crippen LogP contribution in [-0.2, 0) is 4.79 Å². The van der Waals surface area contributed by atoms with E-state index in [9.17, 15) is 4.79 Å². The molecule has 1 fully saturated rings. The molecular formula is C12H24N2O2. The van der Waals surface area contributed by atoms with Crippen LogP contribution in [0.4, 0.5) is 0 Å². The molecule has 16 heavy (non-hydrogen) atoms. The number of hydrogen-bond donors (Lipinski definition) is 2. The lowest BCUT2D eigenvalue weighted by molar-refractivity contribution is -0.140. The highest BCUT2D eigenvalue weighted by Gasteiger charge is 2.26. The SMILES string of the molecule is CCCNC(CN(CC)CC1CC1)C(=O)O. The van der Waals surface area contributed by atoms with Gasteiger partial charge in [-0.05, 0) is 38.3 Å². The fourth-order valence-corrected chi connectivity index (χ4v) is 1.81. The molecule has 1 unspecified atom stereocenters. The van der Waals surface area contributed by atoms with E-state index in [0.717, 1.165) is 32.0 Å². The van der Waals surface area contributed by atoms with Crippen molar-refractivity contribution in [2.24, 2.45) is 5.92 Å². The molecule has 0 aromatic heterocycles. The van der Waals surface area contributed by atoms with Crippen LogP contribution in [0.1, 0.15) is 33.1 Å². The van der Waals surface area contributed by atoms with Crippen LogP contribution in [0.2, 0.25) is 0 Å². The van der Waals surface area contributed by atoms with Gasteiger partial charge in [-0.15, -0.1) is 0 Å². The van der Waals surface area contributed by atoms with Gasteiger partial charge in [-0.2, -0.15) is 0 Å². The highest BCUT2D eigenvalue weighted by atomic mass is 16.4. The lowest BCUT2D eigenvalue weighted by Crippen LogP contribution is -2.46. The molecule has 0 bridgehead atoms. The smallest absolute Gasteiger partial charge is 0.322 e. The topological polar surface area (TPSA) is 52.6 Å². The van der Waals surface area contributed by atoms with Crippen molar-refractivity contribution in [2.75, 3.05) is 26.2 Å². The largest absolute Gasteiger partial charge is 0.480 e. The van der Waals surface area contributed by atoms with E-state index in [1.807, 2.05) is 6.92 Å². The van der Waals surface area contributed by atoms with E-state index < -0.39 is 12.0 Å². The Balaban J connectivity index is 2.33. The van der Waals surface area contributed by atoms with Gasteiger partial charge in [-0.1, -0.05) is 13.8 Å². The maximum absolute atomic E-state index is 11.1. The molecule has 2 N–H and O–H groups in total. The van der Waals surface area contributed by atoms with Crippen LogP contribution in [0.15, 0.2) is 0 Å². The van der Waals surface area contributed by atoms with Crippen LogP contribution < -0.4 is 5.32 Å². The molecule has 4 nitrogen and oxygen atoms in total. The summed E-state index contributed by atoms with van der Waals surface area (Å²) >= 11 is 0. The Hall–Kier alpha value is -0.610. The molecule has 1 rings (SSSR count). The molecular weight excluding hydrogens is 204 g/mol. The fraction of sp³-hybridized carbons (Fsp3) is 0.917. The van der Waals surface area contributed by atoms with Crippen LogP contribution >= 0.6 is 0 Å². The van der Waals surface area contributed by atoms with Crippen LogP contribution in [-0.4, -0.2) is 48.2 Å². The average molecular weight is 228 g/mol. The van der Waals surface area contributed by atoms with Crippen molar-refractivity contribution in [1.82, 2.24) is 10.2 Å². The Morgan fingerprint density at radius 3 is 2.62 bits per heavy atom. The zero-order valence-corrected chi connectivity index (χ0v) is 10.4. The minimum absolute atomic E-state index is 0.418. The van der Waals surface area contributed by atoms with Crippen LogP contribution in [0.3, 0.4) is 0 Å². The van der Waals surface area contributed by atoms with Crippen LogP contribution in [0.25, 0.3) is 0 Å². The third-order valence-electron chi connectivity index (χ3n) is 3.04. The normalized spacial score (nSPS) is 17.7. The Kier molecular flexibility index (Phi) is 5.77. The zero-order valence-electron chi connectivity index (χ0n) is 10.4. The van der Waals surface area contributed by atoms with E-state index in [1.54, 1.807) is 0 Å². The molecule has 1 aliphatic carbocycles. The monoisotopic (exact) mass is 228 g/mol. The minimum Gasteiger partial charge on any atom is -0.480 e. The lowest BCUT2D eigenvalue weighted by Gasteiger charge is -2.24. The standard InChI is InChI=1S/C12H24N2O2/c1-3-7-13-11(12(15)16)9-14(4-2)8-10-5-6-10/h10-11,13H,3-9H2,1-2H3,(H,15,16). The van der Waals surface area contributed by atoms with Gasteiger partial charge in [-0.25, -0.2) is 0 Å². The van der Waals surface area contributed by atoms with E-state index in [0.29, 0.717) is 6.54 Å². The molecule has 0 aromatic rings. The van der Waals surface area contributed by atoms with Gasteiger partial charge in [0.05, 0.1) is 0 Å². The number of nitrogens with one attached hydrogen (secondary N) is 1. The lowest BCUT2D eigenvalue weighted by atomic mass is 10.2. The second-order valence-electron chi connectivity index (χ2n) is 4.64. The van der Waals surface area contributed by atoms with E-state index in [1.165, 1.54) is 12.8 Å².